The Morgan fingerprint density at radius 1 is 1.40 bits per heavy atom. The van der Waals surface area contributed by atoms with Crippen molar-refractivity contribution < 1.29 is 4.42 Å². The van der Waals surface area contributed by atoms with E-state index < -0.39 is 0 Å². The van der Waals surface area contributed by atoms with Gasteiger partial charge in [0.05, 0.1) is 17.0 Å². The summed E-state index contributed by atoms with van der Waals surface area (Å²) in [6.07, 6.45) is 3.53. The van der Waals surface area contributed by atoms with Gasteiger partial charge in [-0.2, -0.15) is 0 Å². The molecule has 0 saturated carbocycles. The number of aromatic nitrogens is 1. The molecule has 0 aliphatic rings. The van der Waals surface area contributed by atoms with E-state index in [4.69, 9.17) is 4.42 Å². The maximum Gasteiger partial charge on any atom is 0.116 e. The Labute approximate surface area is 101 Å². The SMILES string of the molecule is Cc1ccoc1CSc1ccc(Br)cn1. The highest BCUT2D eigenvalue weighted by Gasteiger charge is 2.03. The standard InChI is InChI=1S/C11H10BrNOS/c1-8-4-5-14-10(8)7-15-11-3-2-9(12)6-13-11/h2-6H,7H2,1H3. The number of thioether (sulfide) groups is 1. The lowest BCUT2D eigenvalue weighted by atomic mass is 10.3. The Morgan fingerprint density at radius 3 is 2.87 bits per heavy atom. The monoisotopic (exact) mass is 283 g/mol. The molecule has 0 aliphatic heterocycles. The van der Waals surface area contributed by atoms with Gasteiger partial charge in [0.15, 0.2) is 0 Å². The molecular weight excluding hydrogens is 274 g/mol. The first-order valence-corrected chi connectivity index (χ1v) is 6.31. The Balaban J connectivity index is 1.99. The van der Waals surface area contributed by atoms with E-state index in [9.17, 15) is 0 Å². The summed E-state index contributed by atoms with van der Waals surface area (Å²) in [4.78, 5) is 4.28. The number of hydrogen-bond donors (Lipinski definition) is 0. The van der Waals surface area contributed by atoms with Gasteiger partial charge in [0.25, 0.3) is 0 Å². The maximum atomic E-state index is 5.35. The molecule has 0 fully saturated rings. The van der Waals surface area contributed by atoms with Crippen LogP contribution in [0.15, 0.2) is 44.6 Å². The minimum absolute atomic E-state index is 0.827. The number of pyridine rings is 1. The molecule has 2 aromatic heterocycles. The number of rotatable bonds is 3. The van der Waals surface area contributed by atoms with Gasteiger partial charge in [-0.3, -0.25) is 0 Å². The molecule has 0 amide bonds. The summed E-state index contributed by atoms with van der Waals surface area (Å²) in [7, 11) is 0. The molecule has 2 aromatic rings. The van der Waals surface area contributed by atoms with Crippen molar-refractivity contribution in [1.29, 1.82) is 0 Å². The van der Waals surface area contributed by atoms with Gasteiger partial charge >= 0.3 is 0 Å². The van der Waals surface area contributed by atoms with Crippen LogP contribution in [0.25, 0.3) is 0 Å². The van der Waals surface area contributed by atoms with Crippen molar-refractivity contribution in [2.24, 2.45) is 0 Å². The Kier molecular flexibility index (Phi) is 3.49. The van der Waals surface area contributed by atoms with Gasteiger partial charge in [0, 0.05) is 10.7 Å². The van der Waals surface area contributed by atoms with E-state index in [0.29, 0.717) is 0 Å². The van der Waals surface area contributed by atoms with Gasteiger partial charge in [-0.05, 0) is 46.6 Å². The fourth-order valence-corrected chi connectivity index (χ4v) is 2.24. The van der Waals surface area contributed by atoms with E-state index in [-0.39, 0.29) is 0 Å². The van der Waals surface area contributed by atoms with Crippen molar-refractivity contribution in [3.8, 4) is 0 Å². The van der Waals surface area contributed by atoms with E-state index >= 15 is 0 Å². The van der Waals surface area contributed by atoms with E-state index in [1.807, 2.05) is 18.2 Å². The summed E-state index contributed by atoms with van der Waals surface area (Å²) in [5.74, 6) is 1.85. The molecule has 0 unspecified atom stereocenters. The topological polar surface area (TPSA) is 26.0 Å². The normalized spacial score (nSPS) is 10.5. The predicted octanol–water partition coefficient (Wildman–Crippen LogP) is 4.04. The molecule has 0 saturated heterocycles. The quantitative estimate of drug-likeness (QED) is 0.796. The fourth-order valence-electron chi connectivity index (χ4n) is 1.14. The van der Waals surface area contributed by atoms with Crippen LogP contribution in [0.2, 0.25) is 0 Å². The largest absolute Gasteiger partial charge is 0.468 e. The van der Waals surface area contributed by atoms with Crippen LogP contribution >= 0.6 is 27.7 Å². The molecule has 0 bridgehead atoms. The first kappa shape index (κ1) is 10.8. The second-order valence-electron chi connectivity index (χ2n) is 3.13. The molecule has 0 N–H and O–H groups in total. The van der Waals surface area contributed by atoms with Crippen molar-refractivity contribution in [2.45, 2.75) is 17.7 Å². The molecule has 15 heavy (non-hydrogen) atoms. The fraction of sp³-hybridized carbons (Fsp3) is 0.182. The second kappa shape index (κ2) is 4.86. The van der Waals surface area contributed by atoms with E-state index in [2.05, 4.69) is 27.8 Å². The molecule has 0 aliphatic carbocycles. The number of hydrogen-bond acceptors (Lipinski definition) is 3. The summed E-state index contributed by atoms with van der Waals surface area (Å²) in [5, 5.41) is 1.01. The lowest BCUT2D eigenvalue weighted by molar-refractivity contribution is 0.528. The zero-order valence-electron chi connectivity index (χ0n) is 8.24. The second-order valence-corrected chi connectivity index (χ2v) is 5.04. The van der Waals surface area contributed by atoms with Gasteiger partial charge in [-0.1, -0.05) is 11.8 Å². The number of halogens is 1. The van der Waals surface area contributed by atoms with E-state index in [1.54, 1.807) is 24.2 Å². The number of nitrogens with zero attached hydrogens (tertiary/aromatic N) is 1. The lowest BCUT2D eigenvalue weighted by Crippen LogP contribution is -1.82. The van der Waals surface area contributed by atoms with Crippen LogP contribution in [-0.2, 0) is 5.75 Å². The highest BCUT2D eigenvalue weighted by molar-refractivity contribution is 9.10. The smallest absolute Gasteiger partial charge is 0.116 e. The van der Waals surface area contributed by atoms with Crippen molar-refractivity contribution >= 4 is 27.7 Å². The van der Waals surface area contributed by atoms with Crippen LogP contribution in [0.3, 0.4) is 0 Å². The van der Waals surface area contributed by atoms with Gasteiger partial charge in [0.1, 0.15) is 5.76 Å². The van der Waals surface area contributed by atoms with Crippen molar-refractivity contribution in [3.63, 3.8) is 0 Å². The summed E-state index contributed by atoms with van der Waals surface area (Å²) < 4.78 is 6.35. The molecular formula is C11H10BrNOS. The zero-order chi connectivity index (χ0) is 10.7. The van der Waals surface area contributed by atoms with Crippen molar-refractivity contribution in [1.82, 2.24) is 4.98 Å². The van der Waals surface area contributed by atoms with Crippen LogP contribution in [0, 0.1) is 6.92 Å². The van der Waals surface area contributed by atoms with Crippen LogP contribution in [0.4, 0.5) is 0 Å². The zero-order valence-corrected chi connectivity index (χ0v) is 10.6. The average molecular weight is 284 g/mol. The van der Waals surface area contributed by atoms with Crippen molar-refractivity contribution in [2.75, 3.05) is 0 Å². The highest BCUT2D eigenvalue weighted by atomic mass is 79.9. The molecule has 0 spiro atoms. The first-order valence-electron chi connectivity index (χ1n) is 4.53. The number of furan rings is 1. The Bertz CT molecular complexity index is 438. The lowest BCUT2D eigenvalue weighted by Gasteiger charge is -1.99. The third kappa shape index (κ3) is 2.86. The van der Waals surface area contributed by atoms with Crippen LogP contribution < -0.4 is 0 Å². The summed E-state index contributed by atoms with van der Waals surface area (Å²) in [6.45, 7) is 2.05. The summed E-state index contributed by atoms with van der Waals surface area (Å²) in [5.41, 5.74) is 1.19. The molecule has 78 valence electrons. The molecule has 0 aromatic carbocycles. The molecule has 2 rings (SSSR count). The molecule has 4 heteroatoms. The molecule has 2 nitrogen and oxygen atoms in total. The minimum atomic E-state index is 0.827. The van der Waals surface area contributed by atoms with Gasteiger partial charge < -0.3 is 4.42 Å². The molecule has 0 radical (unpaired) electrons. The third-order valence-corrected chi connectivity index (χ3v) is 3.43. The van der Waals surface area contributed by atoms with E-state index in [0.717, 1.165) is 21.0 Å². The summed E-state index contributed by atoms with van der Waals surface area (Å²) in [6, 6.07) is 5.96. The third-order valence-electron chi connectivity index (χ3n) is 2.02. The minimum Gasteiger partial charge on any atom is -0.468 e. The first-order chi connectivity index (χ1) is 7.25. The Hall–Kier alpha value is -0.740. The average Bonchev–Trinajstić information content (AvgIpc) is 2.63. The maximum absolute atomic E-state index is 5.35. The number of aryl methyl sites for hydroxylation is 1. The van der Waals surface area contributed by atoms with Crippen molar-refractivity contribution in [3.05, 3.63) is 46.5 Å². The van der Waals surface area contributed by atoms with Crippen LogP contribution in [0.5, 0.6) is 0 Å². The van der Waals surface area contributed by atoms with Crippen LogP contribution in [-0.4, -0.2) is 4.98 Å². The Morgan fingerprint density at radius 2 is 2.27 bits per heavy atom. The predicted molar refractivity (Wildman–Crippen MR) is 64.9 cm³/mol. The van der Waals surface area contributed by atoms with Crippen LogP contribution in [0.1, 0.15) is 11.3 Å². The van der Waals surface area contributed by atoms with E-state index in [1.165, 1.54) is 5.56 Å². The van der Waals surface area contributed by atoms with Gasteiger partial charge in [-0.15, -0.1) is 0 Å². The summed E-state index contributed by atoms with van der Waals surface area (Å²) >= 11 is 5.03. The highest BCUT2D eigenvalue weighted by Crippen LogP contribution is 2.23. The molecule has 0 atom stereocenters. The molecule has 2 heterocycles. The van der Waals surface area contributed by atoms with Gasteiger partial charge in [0.2, 0.25) is 0 Å². The van der Waals surface area contributed by atoms with Gasteiger partial charge in [-0.25, -0.2) is 4.98 Å².